The molecular formula is C5H3F5N2O2S2. The fraction of sp³-hybridized carbons (Fsp3) is 0.600. The fourth-order valence-electron chi connectivity index (χ4n) is 0.608. The van der Waals surface area contributed by atoms with Crippen LogP contribution in [0.1, 0.15) is 5.01 Å². The Morgan fingerprint density at radius 2 is 1.62 bits per heavy atom. The van der Waals surface area contributed by atoms with Gasteiger partial charge in [-0.1, -0.05) is 11.3 Å². The number of hydrogen-bond acceptors (Lipinski definition) is 5. The number of rotatable bonds is 2. The Balaban J connectivity index is 3.23. The Morgan fingerprint density at radius 1 is 1.12 bits per heavy atom. The van der Waals surface area contributed by atoms with Gasteiger partial charge in [0, 0.05) is 6.26 Å². The average molecular weight is 282 g/mol. The van der Waals surface area contributed by atoms with E-state index in [0.29, 0.717) is 6.26 Å². The van der Waals surface area contributed by atoms with Crippen LogP contribution in [-0.4, -0.2) is 31.0 Å². The third-order valence-electron chi connectivity index (χ3n) is 1.35. The predicted molar refractivity (Wildman–Crippen MR) is 43.0 cm³/mol. The molecule has 16 heavy (non-hydrogen) atoms. The first-order valence-electron chi connectivity index (χ1n) is 3.45. The van der Waals surface area contributed by atoms with E-state index in [0.717, 1.165) is 0 Å². The largest absolute Gasteiger partial charge is 0.460 e. The van der Waals surface area contributed by atoms with Crippen molar-refractivity contribution < 1.29 is 30.4 Å². The summed E-state index contributed by atoms with van der Waals surface area (Å²) in [5, 5.41) is 3.61. The summed E-state index contributed by atoms with van der Waals surface area (Å²) in [4.78, 5) is 0. The zero-order valence-electron chi connectivity index (χ0n) is 7.42. The van der Waals surface area contributed by atoms with E-state index in [4.69, 9.17) is 0 Å². The SMILES string of the molecule is CS(=O)(=O)c1nnc(C(F)(F)C(F)(F)F)s1. The van der Waals surface area contributed by atoms with Crippen LogP contribution in [0.2, 0.25) is 0 Å². The maximum absolute atomic E-state index is 12.7. The van der Waals surface area contributed by atoms with Gasteiger partial charge >= 0.3 is 12.1 Å². The lowest BCUT2D eigenvalue weighted by molar-refractivity contribution is -0.289. The molecule has 0 saturated heterocycles. The summed E-state index contributed by atoms with van der Waals surface area (Å²) in [6, 6.07) is 0. The van der Waals surface area contributed by atoms with Crippen molar-refractivity contribution in [1.29, 1.82) is 0 Å². The number of alkyl halides is 5. The average Bonchev–Trinajstić information content (AvgIpc) is 2.47. The summed E-state index contributed by atoms with van der Waals surface area (Å²) in [6.45, 7) is 0. The molecule has 0 spiro atoms. The van der Waals surface area contributed by atoms with Gasteiger partial charge in [-0.25, -0.2) is 8.42 Å². The minimum atomic E-state index is -5.83. The van der Waals surface area contributed by atoms with E-state index in [1.807, 2.05) is 0 Å². The molecule has 4 nitrogen and oxygen atoms in total. The van der Waals surface area contributed by atoms with Gasteiger partial charge < -0.3 is 0 Å². The first kappa shape index (κ1) is 13.2. The summed E-state index contributed by atoms with van der Waals surface area (Å²) in [5.74, 6) is -5.20. The third kappa shape index (κ3) is 2.29. The number of nitrogens with zero attached hydrogens (tertiary/aromatic N) is 2. The lowest BCUT2D eigenvalue weighted by atomic mass is 10.3. The second-order valence-electron chi connectivity index (χ2n) is 2.72. The van der Waals surface area contributed by atoms with Crippen molar-refractivity contribution in [3.8, 4) is 0 Å². The van der Waals surface area contributed by atoms with Crippen LogP contribution in [0.3, 0.4) is 0 Å². The van der Waals surface area contributed by atoms with Crippen LogP contribution in [0.15, 0.2) is 4.34 Å². The topological polar surface area (TPSA) is 59.9 Å². The van der Waals surface area contributed by atoms with Crippen LogP contribution in [0.5, 0.6) is 0 Å². The second-order valence-corrected chi connectivity index (χ2v) is 5.88. The summed E-state index contributed by atoms with van der Waals surface area (Å²) in [7, 11) is -3.94. The first-order chi connectivity index (χ1) is 6.96. The highest BCUT2D eigenvalue weighted by molar-refractivity contribution is 7.92. The van der Waals surface area contributed by atoms with Crippen molar-refractivity contribution in [2.24, 2.45) is 0 Å². The van der Waals surface area contributed by atoms with Crippen molar-refractivity contribution in [3.05, 3.63) is 5.01 Å². The molecule has 0 unspecified atom stereocenters. The quantitative estimate of drug-likeness (QED) is 0.773. The van der Waals surface area contributed by atoms with Gasteiger partial charge in [-0.3, -0.25) is 0 Å². The lowest BCUT2D eigenvalue weighted by Gasteiger charge is -2.15. The molecule has 1 aromatic heterocycles. The molecule has 1 aromatic rings. The molecule has 0 atom stereocenters. The van der Waals surface area contributed by atoms with Crippen LogP contribution < -0.4 is 0 Å². The minimum absolute atomic E-state index is 0.307. The highest BCUT2D eigenvalue weighted by atomic mass is 32.2. The summed E-state index contributed by atoms with van der Waals surface area (Å²) < 4.78 is 81.6. The summed E-state index contributed by atoms with van der Waals surface area (Å²) in [5.41, 5.74) is 0. The van der Waals surface area contributed by atoms with Crippen LogP contribution >= 0.6 is 11.3 Å². The number of aromatic nitrogens is 2. The molecular weight excluding hydrogens is 279 g/mol. The van der Waals surface area contributed by atoms with Gasteiger partial charge in [0.25, 0.3) is 0 Å². The molecule has 0 aliphatic carbocycles. The molecule has 11 heteroatoms. The number of hydrogen-bond donors (Lipinski definition) is 0. The fourth-order valence-corrected chi connectivity index (χ4v) is 2.21. The summed E-state index contributed by atoms with van der Waals surface area (Å²) >= 11 is -0.307. The minimum Gasteiger partial charge on any atom is -0.221 e. The third-order valence-corrected chi connectivity index (χ3v) is 4.01. The molecule has 0 N–H and O–H groups in total. The molecule has 0 amide bonds. The van der Waals surface area contributed by atoms with E-state index in [-0.39, 0.29) is 11.3 Å². The van der Waals surface area contributed by atoms with Gasteiger partial charge in [-0.05, 0) is 0 Å². The van der Waals surface area contributed by atoms with E-state index in [1.54, 1.807) is 0 Å². The van der Waals surface area contributed by atoms with Crippen molar-refractivity contribution in [1.82, 2.24) is 10.2 Å². The Bertz CT molecular complexity index is 491. The smallest absolute Gasteiger partial charge is 0.221 e. The van der Waals surface area contributed by atoms with Gasteiger partial charge in [0.15, 0.2) is 5.01 Å². The zero-order chi connectivity index (χ0) is 12.8. The molecule has 92 valence electrons. The normalized spacial score (nSPS) is 14.1. The Kier molecular flexibility index (Phi) is 2.96. The Labute approximate surface area is 90.0 Å². The Hall–Kier alpha value is -0.840. The van der Waals surface area contributed by atoms with E-state index in [1.165, 1.54) is 0 Å². The second kappa shape index (κ2) is 3.58. The van der Waals surface area contributed by atoms with Gasteiger partial charge in [0.2, 0.25) is 14.2 Å². The standard InChI is InChI=1S/C5H3F5N2O2S2/c1-16(13,14)3-12-11-2(15-3)4(6,7)5(8,9)10/h1H3. The highest BCUT2D eigenvalue weighted by Gasteiger charge is 2.61. The van der Waals surface area contributed by atoms with E-state index >= 15 is 0 Å². The molecule has 1 rings (SSSR count). The lowest BCUT2D eigenvalue weighted by Crippen LogP contribution is -2.33. The highest BCUT2D eigenvalue weighted by Crippen LogP contribution is 2.45. The molecule has 0 aliphatic heterocycles. The van der Waals surface area contributed by atoms with Crippen LogP contribution in [-0.2, 0) is 15.8 Å². The molecule has 0 aliphatic rings. The first-order valence-corrected chi connectivity index (χ1v) is 6.15. The van der Waals surface area contributed by atoms with E-state index in [9.17, 15) is 30.4 Å². The number of halogens is 5. The number of sulfone groups is 1. The van der Waals surface area contributed by atoms with E-state index < -0.39 is 31.3 Å². The van der Waals surface area contributed by atoms with Crippen LogP contribution in [0.25, 0.3) is 0 Å². The van der Waals surface area contributed by atoms with Crippen molar-refractivity contribution >= 4 is 21.2 Å². The molecule has 0 fully saturated rings. The zero-order valence-corrected chi connectivity index (χ0v) is 9.05. The van der Waals surface area contributed by atoms with Gasteiger partial charge in [0.05, 0.1) is 0 Å². The van der Waals surface area contributed by atoms with Crippen molar-refractivity contribution in [2.75, 3.05) is 6.26 Å². The molecule has 0 bridgehead atoms. The van der Waals surface area contributed by atoms with E-state index in [2.05, 4.69) is 10.2 Å². The maximum Gasteiger partial charge on any atom is 0.460 e. The van der Waals surface area contributed by atoms with Crippen LogP contribution in [0.4, 0.5) is 22.0 Å². The summed E-state index contributed by atoms with van der Waals surface area (Å²) in [6.07, 6.45) is -5.20. The molecule has 0 saturated carbocycles. The van der Waals surface area contributed by atoms with Gasteiger partial charge in [0.1, 0.15) is 0 Å². The van der Waals surface area contributed by atoms with Gasteiger partial charge in [-0.15, -0.1) is 10.2 Å². The molecule has 1 heterocycles. The van der Waals surface area contributed by atoms with Gasteiger partial charge in [-0.2, -0.15) is 22.0 Å². The molecule has 0 radical (unpaired) electrons. The Morgan fingerprint density at radius 3 is 1.94 bits per heavy atom. The maximum atomic E-state index is 12.7. The molecule has 0 aromatic carbocycles. The van der Waals surface area contributed by atoms with Crippen molar-refractivity contribution in [3.63, 3.8) is 0 Å². The van der Waals surface area contributed by atoms with Crippen molar-refractivity contribution in [2.45, 2.75) is 16.4 Å². The monoisotopic (exact) mass is 282 g/mol. The van der Waals surface area contributed by atoms with Crippen LogP contribution in [0, 0.1) is 0 Å². The predicted octanol–water partition coefficient (Wildman–Crippen LogP) is 1.60.